The molecular weight excluding hydrogens is 326 g/mol. The third-order valence-electron chi connectivity index (χ3n) is 3.07. The largest absolute Gasteiger partial charge is 0.335 e. The van der Waals surface area contributed by atoms with Crippen LogP contribution in [0.1, 0.15) is 4.88 Å². The van der Waals surface area contributed by atoms with Crippen LogP contribution in [0.25, 0.3) is 0 Å². The summed E-state index contributed by atoms with van der Waals surface area (Å²) >= 11 is 5.25. The van der Waals surface area contributed by atoms with Gasteiger partial charge < -0.3 is 10.2 Å². The van der Waals surface area contributed by atoms with Gasteiger partial charge in [-0.2, -0.15) is 0 Å². The van der Waals surface area contributed by atoms with Gasteiger partial charge in [0.05, 0.1) is 3.79 Å². The van der Waals surface area contributed by atoms with Gasteiger partial charge in [-0.3, -0.25) is 4.90 Å². The molecule has 6 heteroatoms. The van der Waals surface area contributed by atoms with E-state index in [9.17, 15) is 4.79 Å². The Kier molecular flexibility index (Phi) is 5.42. The summed E-state index contributed by atoms with van der Waals surface area (Å²) in [5.74, 6) is 0. The topological polar surface area (TPSA) is 35.6 Å². The highest BCUT2D eigenvalue weighted by Crippen LogP contribution is 2.23. The quantitative estimate of drug-likeness (QED) is 0.852. The molecule has 0 radical (unpaired) electrons. The fraction of sp³-hybridized carbons (Fsp3) is 0.462. The normalized spacial score (nSPS) is 16.4. The van der Waals surface area contributed by atoms with Crippen LogP contribution in [-0.2, 0) is 6.54 Å². The van der Waals surface area contributed by atoms with Crippen molar-refractivity contribution >= 4 is 33.3 Å². The molecule has 1 aliphatic rings. The molecule has 0 spiro atoms. The van der Waals surface area contributed by atoms with Gasteiger partial charge in [-0.25, -0.2) is 4.79 Å². The number of carbonyl (C=O) groups excluding carboxylic acids is 1. The van der Waals surface area contributed by atoms with Crippen molar-refractivity contribution in [3.05, 3.63) is 33.5 Å². The molecule has 2 heterocycles. The van der Waals surface area contributed by atoms with E-state index in [4.69, 9.17) is 0 Å². The van der Waals surface area contributed by atoms with Crippen molar-refractivity contribution in [2.24, 2.45) is 0 Å². The summed E-state index contributed by atoms with van der Waals surface area (Å²) < 4.78 is 1.17. The Bertz CT molecular complexity index is 441. The molecule has 19 heavy (non-hydrogen) atoms. The first-order valence-electron chi connectivity index (χ1n) is 6.29. The summed E-state index contributed by atoms with van der Waals surface area (Å²) in [6, 6.07) is 4.25. The van der Waals surface area contributed by atoms with E-state index >= 15 is 0 Å². The van der Waals surface area contributed by atoms with E-state index in [0.717, 1.165) is 32.7 Å². The molecule has 0 saturated carbocycles. The average molecular weight is 344 g/mol. The number of hydrogen-bond donors (Lipinski definition) is 1. The van der Waals surface area contributed by atoms with Crippen LogP contribution < -0.4 is 5.32 Å². The fourth-order valence-electron chi connectivity index (χ4n) is 2.04. The highest BCUT2D eigenvalue weighted by Gasteiger charge is 2.20. The molecule has 1 saturated heterocycles. The summed E-state index contributed by atoms with van der Waals surface area (Å²) in [6.07, 6.45) is 1.70. The molecule has 104 valence electrons. The predicted octanol–water partition coefficient (Wildman–Crippen LogP) is 2.52. The Morgan fingerprint density at radius 3 is 2.74 bits per heavy atom. The van der Waals surface area contributed by atoms with E-state index in [0.29, 0.717) is 6.54 Å². The van der Waals surface area contributed by atoms with Crippen LogP contribution in [0, 0.1) is 0 Å². The third-order valence-corrected chi connectivity index (χ3v) is 4.67. The lowest BCUT2D eigenvalue weighted by Crippen LogP contribution is -2.51. The number of carbonyl (C=O) groups is 1. The minimum atomic E-state index is 0.0124. The number of halogens is 1. The lowest BCUT2D eigenvalue weighted by molar-refractivity contribution is 0.136. The van der Waals surface area contributed by atoms with Crippen LogP contribution in [-0.4, -0.2) is 48.6 Å². The van der Waals surface area contributed by atoms with Gasteiger partial charge in [-0.15, -0.1) is 17.9 Å². The maximum absolute atomic E-state index is 11.8. The zero-order valence-electron chi connectivity index (χ0n) is 10.8. The van der Waals surface area contributed by atoms with Crippen molar-refractivity contribution < 1.29 is 4.79 Å². The standard InChI is InChI=1S/C13H18BrN3OS/c1-2-5-15-13(18)17-8-6-16(7-9-17)10-11-3-4-12(14)19-11/h2-4H,1,5-10H2,(H,15,18). The van der Waals surface area contributed by atoms with E-state index in [1.807, 2.05) is 4.90 Å². The first kappa shape index (κ1) is 14.6. The van der Waals surface area contributed by atoms with Crippen LogP contribution in [0.4, 0.5) is 4.79 Å². The van der Waals surface area contributed by atoms with Gasteiger partial charge in [0, 0.05) is 44.1 Å². The van der Waals surface area contributed by atoms with E-state index in [-0.39, 0.29) is 6.03 Å². The zero-order chi connectivity index (χ0) is 13.7. The maximum Gasteiger partial charge on any atom is 0.317 e. The van der Waals surface area contributed by atoms with Crippen LogP contribution in [0.3, 0.4) is 0 Å². The molecule has 0 aromatic carbocycles. The van der Waals surface area contributed by atoms with Crippen LogP contribution in [0.15, 0.2) is 28.6 Å². The van der Waals surface area contributed by atoms with Gasteiger partial charge in [-0.05, 0) is 28.1 Å². The van der Waals surface area contributed by atoms with Gasteiger partial charge >= 0.3 is 6.03 Å². The average Bonchev–Trinajstić information content (AvgIpc) is 2.82. The smallest absolute Gasteiger partial charge is 0.317 e. The minimum Gasteiger partial charge on any atom is -0.335 e. The second-order valence-electron chi connectivity index (χ2n) is 4.44. The molecule has 2 amide bonds. The second kappa shape index (κ2) is 7.07. The van der Waals surface area contributed by atoms with Crippen molar-refractivity contribution in [2.75, 3.05) is 32.7 Å². The Morgan fingerprint density at radius 1 is 1.42 bits per heavy atom. The number of nitrogens with one attached hydrogen (secondary N) is 1. The van der Waals surface area contributed by atoms with E-state index in [2.05, 4.69) is 44.9 Å². The fourth-order valence-corrected chi connectivity index (χ4v) is 3.56. The predicted molar refractivity (Wildman–Crippen MR) is 82.5 cm³/mol. The van der Waals surface area contributed by atoms with Gasteiger partial charge in [0.2, 0.25) is 0 Å². The molecule has 0 unspecified atom stereocenters. The molecule has 2 rings (SSSR count). The summed E-state index contributed by atoms with van der Waals surface area (Å²) in [4.78, 5) is 17.4. The number of nitrogens with zero attached hydrogens (tertiary/aromatic N) is 2. The van der Waals surface area contributed by atoms with E-state index < -0.39 is 0 Å². The Hall–Kier alpha value is -0.850. The molecule has 1 aliphatic heterocycles. The molecule has 0 aliphatic carbocycles. The van der Waals surface area contributed by atoms with Crippen molar-refractivity contribution in [3.8, 4) is 0 Å². The van der Waals surface area contributed by atoms with Crippen molar-refractivity contribution in [3.63, 3.8) is 0 Å². The number of amides is 2. The molecule has 0 bridgehead atoms. The van der Waals surface area contributed by atoms with Gasteiger partial charge in [0.15, 0.2) is 0 Å². The van der Waals surface area contributed by atoms with Crippen molar-refractivity contribution in [2.45, 2.75) is 6.54 Å². The Morgan fingerprint density at radius 2 is 2.16 bits per heavy atom. The Labute approximate surface area is 126 Å². The third kappa shape index (κ3) is 4.33. The minimum absolute atomic E-state index is 0.0124. The second-order valence-corrected chi connectivity index (χ2v) is 6.99. The SMILES string of the molecule is C=CCNC(=O)N1CCN(Cc2ccc(Br)s2)CC1. The summed E-state index contributed by atoms with van der Waals surface area (Å²) in [5.41, 5.74) is 0. The van der Waals surface area contributed by atoms with E-state index in [1.54, 1.807) is 17.4 Å². The molecule has 4 nitrogen and oxygen atoms in total. The molecule has 1 aromatic rings. The summed E-state index contributed by atoms with van der Waals surface area (Å²) in [7, 11) is 0. The molecule has 1 aromatic heterocycles. The van der Waals surface area contributed by atoms with Crippen molar-refractivity contribution in [1.29, 1.82) is 0 Å². The number of thiophene rings is 1. The van der Waals surface area contributed by atoms with E-state index in [1.165, 1.54) is 8.66 Å². The van der Waals surface area contributed by atoms with Crippen LogP contribution in [0.5, 0.6) is 0 Å². The number of piperazine rings is 1. The zero-order valence-corrected chi connectivity index (χ0v) is 13.2. The van der Waals surface area contributed by atoms with Crippen LogP contribution >= 0.6 is 27.3 Å². The Balaban J connectivity index is 1.76. The summed E-state index contributed by atoms with van der Waals surface area (Å²) in [5, 5.41) is 2.82. The first-order chi connectivity index (χ1) is 9.19. The number of rotatable bonds is 4. The monoisotopic (exact) mass is 343 g/mol. The van der Waals surface area contributed by atoms with Gasteiger partial charge in [0.1, 0.15) is 0 Å². The lowest BCUT2D eigenvalue weighted by Gasteiger charge is -2.34. The summed E-state index contributed by atoms with van der Waals surface area (Å²) in [6.45, 7) is 8.52. The molecule has 1 N–H and O–H groups in total. The number of urea groups is 1. The first-order valence-corrected chi connectivity index (χ1v) is 7.90. The van der Waals surface area contributed by atoms with Crippen molar-refractivity contribution in [1.82, 2.24) is 15.1 Å². The van der Waals surface area contributed by atoms with Gasteiger partial charge in [0.25, 0.3) is 0 Å². The molecule has 1 fully saturated rings. The molecular formula is C13H18BrN3OS. The highest BCUT2D eigenvalue weighted by atomic mass is 79.9. The van der Waals surface area contributed by atoms with Gasteiger partial charge in [-0.1, -0.05) is 6.08 Å². The maximum atomic E-state index is 11.8. The van der Waals surface area contributed by atoms with Crippen LogP contribution in [0.2, 0.25) is 0 Å². The lowest BCUT2D eigenvalue weighted by atomic mass is 10.3. The molecule has 0 atom stereocenters. The highest BCUT2D eigenvalue weighted by molar-refractivity contribution is 9.11. The number of hydrogen-bond acceptors (Lipinski definition) is 3.